The van der Waals surface area contributed by atoms with Crippen molar-refractivity contribution in [3.63, 3.8) is 0 Å². The lowest BCUT2D eigenvalue weighted by atomic mass is 10.4. The summed E-state index contributed by atoms with van der Waals surface area (Å²) in [4.78, 5) is 4.53. The summed E-state index contributed by atoms with van der Waals surface area (Å²) in [6.45, 7) is 0. The van der Waals surface area contributed by atoms with Crippen molar-refractivity contribution in [2.24, 2.45) is 0 Å². The van der Waals surface area contributed by atoms with Crippen LogP contribution in [0.3, 0.4) is 0 Å². The smallest absolute Gasteiger partial charge is 0.184 e. The van der Waals surface area contributed by atoms with Crippen molar-refractivity contribution in [1.82, 2.24) is 4.98 Å². The molecule has 0 aliphatic heterocycles. The molecule has 0 aliphatic carbocycles. The molecule has 0 bridgehead atoms. The van der Waals surface area contributed by atoms with Crippen molar-refractivity contribution in [1.29, 1.82) is 0 Å². The van der Waals surface area contributed by atoms with Crippen LogP contribution in [0.15, 0.2) is 33.3 Å². The summed E-state index contributed by atoms with van der Waals surface area (Å²) >= 11 is 1.18. The number of sulfone groups is 1. The minimum atomic E-state index is -3.12. The van der Waals surface area contributed by atoms with Gasteiger partial charge in [0.15, 0.2) is 22.0 Å². The van der Waals surface area contributed by atoms with Crippen molar-refractivity contribution >= 4 is 21.2 Å². The van der Waals surface area contributed by atoms with Crippen LogP contribution in [-0.2, 0) is 9.84 Å². The molecule has 2 aromatic rings. The molecule has 0 N–H and O–H groups in total. The first kappa shape index (κ1) is 9.42. The van der Waals surface area contributed by atoms with E-state index < -0.39 is 9.84 Å². The highest BCUT2D eigenvalue weighted by Crippen LogP contribution is 2.30. The van der Waals surface area contributed by atoms with Crippen LogP contribution in [0.2, 0.25) is 0 Å². The van der Waals surface area contributed by atoms with Gasteiger partial charge in [-0.3, -0.25) is 0 Å². The van der Waals surface area contributed by atoms with E-state index in [1.54, 1.807) is 18.3 Å². The zero-order valence-electron chi connectivity index (χ0n) is 7.30. The molecule has 0 spiro atoms. The van der Waals surface area contributed by atoms with E-state index in [1.165, 1.54) is 24.0 Å². The second kappa shape index (κ2) is 3.21. The standard InChI is InChI=1S/C8H7NO3S2/c1-14(10,11)8-3-2-7(13-8)6-4-9-5-12-6/h2-5H,1H3. The van der Waals surface area contributed by atoms with Gasteiger partial charge in [-0.1, -0.05) is 0 Å². The monoisotopic (exact) mass is 229 g/mol. The summed E-state index contributed by atoms with van der Waals surface area (Å²) in [7, 11) is -3.12. The van der Waals surface area contributed by atoms with Gasteiger partial charge in [0.1, 0.15) is 4.21 Å². The molecule has 0 fully saturated rings. The number of hydrogen-bond donors (Lipinski definition) is 0. The average molecular weight is 229 g/mol. The minimum absolute atomic E-state index is 0.337. The molecule has 0 saturated carbocycles. The molecule has 2 rings (SSSR count). The van der Waals surface area contributed by atoms with Gasteiger partial charge in [-0.2, -0.15) is 0 Å². The van der Waals surface area contributed by atoms with E-state index in [1.807, 2.05) is 0 Å². The number of thiophene rings is 1. The van der Waals surface area contributed by atoms with E-state index in [4.69, 9.17) is 4.42 Å². The van der Waals surface area contributed by atoms with Crippen LogP contribution in [0.25, 0.3) is 10.6 Å². The molecule has 2 aromatic heterocycles. The molecule has 0 atom stereocenters. The Bertz CT molecular complexity index is 525. The van der Waals surface area contributed by atoms with Crippen molar-refractivity contribution in [3.05, 3.63) is 24.7 Å². The number of aromatic nitrogens is 1. The number of oxazole rings is 1. The summed E-state index contributed by atoms with van der Waals surface area (Å²) < 4.78 is 27.7. The molecule has 74 valence electrons. The van der Waals surface area contributed by atoms with E-state index in [0.717, 1.165) is 4.88 Å². The van der Waals surface area contributed by atoms with Crippen LogP contribution in [0, 0.1) is 0 Å². The highest BCUT2D eigenvalue weighted by atomic mass is 32.2. The summed E-state index contributed by atoms with van der Waals surface area (Å²) in [5, 5.41) is 0. The second-order valence-electron chi connectivity index (χ2n) is 2.76. The minimum Gasteiger partial charge on any atom is -0.443 e. The Hall–Kier alpha value is -1.14. The van der Waals surface area contributed by atoms with Crippen LogP contribution in [0.4, 0.5) is 0 Å². The second-order valence-corrected chi connectivity index (χ2v) is 6.08. The lowest BCUT2D eigenvalue weighted by Gasteiger charge is -1.89. The number of hydrogen-bond acceptors (Lipinski definition) is 5. The third-order valence-electron chi connectivity index (χ3n) is 1.62. The molecule has 14 heavy (non-hydrogen) atoms. The van der Waals surface area contributed by atoms with Gasteiger partial charge in [-0.15, -0.1) is 11.3 Å². The van der Waals surface area contributed by atoms with Gasteiger partial charge in [0.05, 0.1) is 11.1 Å². The van der Waals surface area contributed by atoms with Crippen LogP contribution in [0.5, 0.6) is 0 Å². The molecule has 2 heterocycles. The van der Waals surface area contributed by atoms with Gasteiger partial charge in [-0.25, -0.2) is 13.4 Å². The molecule has 0 aromatic carbocycles. The van der Waals surface area contributed by atoms with Crippen molar-refractivity contribution < 1.29 is 12.8 Å². The summed E-state index contributed by atoms with van der Waals surface area (Å²) in [6, 6.07) is 3.28. The van der Waals surface area contributed by atoms with Gasteiger partial charge in [0.2, 0.25) is 0 Å². The Morgan fingerprint density at radius 2 is 2.21 bits per heavy atom. The average Bonchev–Trinajstić information content (AvgIpc) is 2.73. The van der Waals surface area contributed by atoms with E-state index in [-0.39, 0.29) is 0 Å². The van der Waals surface area contributed by atoms with Crippen LogP contribution >= 0.6 is 11.3 Å². The molecule has 6 heteroatoms. The van der Waals surface area contributed by atoms with Crippen molar-refractivity contribution in [2.45, 2.75) is 4.21 Å². The first-order valence-corrected chi connectivity index (χ1v) is 6.47. The summed E-state index contributed by atoms with van der Waals surface area (Å²) in [5.74, 6) is 0.588. The topological polar surface area (TPSA) is 60.2 Å². The predicted octanol–water partition coefficient (Wildman–Crippen LogP) is 1.81. The predicted molar refractivity (Wildman–Crippen MR) is 52.9 cm³/mol. The molecule has 0 radical (unpaired) electrons. The van der Waals surface area contributed by atoms with Gasteiger partial charge >= 0.3 is 0 Å². The number of rotatable bonds is 2. The maximum atomic E-state index is 11.2. The third kappa shape index (κ3) is 1.71. The Kier molecular flexibility index (Phi) is 2.16. The van der Waals surface area contributed by atoms with E-state index in [9.17, 15) is 8.42 Å². The van der Waals surface area contributed by atoms with Gasteiger partial charge in [0.25, 0.3) is 0 Å². The molecular formula is C8H7NO3S2. The Morgan fingerprint density at radius 3 is 2.71 bits per heavy atom. The normalized spacial score (nSPS) is 11.8. The molecule has 0 amide bonds. The fourth-order valence-corrected chi connectivity index (χ4v) is 2.87. The Balaban J connectivity index is 2.46. The fourth-order valence-electron chi connectivity index (χ4n) is 0.989. The molecule has 0 saturated heterocycles. The van der Waals surface area contributed by atoms with Gasteiger partial charge < -0.3 is 4.42 Å². The zero-order chi connectivity index (χ0) is 10.2. The first-order valence-electron chi connectivity index (χ1n) is 3.76. The van der Waals surface area contributed by atoms with Gasteiger partial charge in [0, 0.05) is 6.26 Å². The Labute approximate surface area is 85.1 Å². The highest BCUT2D eigenvalue weighted by molar-refractivity contribution is 7.92. The van der Waals surface area contributed by atoms with Crippen molar-refractivity contribution in [3.8, 4) is 10.6 Å². The first-order chi connectivity index (χ1) is 6.57. The van der Waals surface area contributed by atoms with Crippen LogP contribution < -0.4 is 0 Å². The van der Waals surface area contributed by atoms with Crippen molar-refractivity contribution in [2.75, 3.05) is 6.26 Å². The lowest BCUT2D eigenvalue weighted by Crippen LogP contribution is -1.91. The Morgan fingerprint density at radius 1 is 1.43 bits per heavy atom. The van der Waals surface area contributed by atoms with Crippen LogP contribution in [-0.4, -0.2) is 19.7 Å². The number of nitrogens with zero attached hydrogens (tertiary/aromatic N) is 1. The molecular weight excluding hydrogens is 222 g/mol. The van der Waals surface area contributed by atoms with E-state index >= 15 is 0 Å². The maximum absolute atomic E-state index is 11.2. The van der Waals surface area contributed by atoms with Gasteiger partial charge in [-0.05, 0) is 12.1 Å². The lowest BCUT2D eigenvalue weighted by molar-refractivity contribution is 0.573. The fraction of sp³-hybridized carbons (Fsp3) is 0.125. The quantitative estimate of drug-likeness (QED) is 0.788. The highest BCUT2D eigenvalue weighted by Gasteiger charge is 2.12. The van der Waals surface area contributed by atoms with E-state index in [0.29, 0.717) is 9.97 Å². The molecule has 4 nitrogen and oxygen atoms in total. The maximum Gasteiger partial charge on any atom is 0.184 e. The van der Waals surface area contributed by atoms with E-state index in [2.05, 4.69) is 4.98 Å². The molecule has 0 unspecified atom stereocenters. The molecule has 0 aliphatic rings. The SMILES string of the molecule is CS(=O)(=O)c1ccc(-c2cnco2)s1. The van der Waals surface area contributed by atoms with Crippen LogP contribution in [0.1, 0.15) is 0 Å². The summed E-state index contributed by atoms with van der Waals surface area (Å²) in [5.41, 5.74) is 0. The third-order valence-corrected chi connectivity index (χ3v) is 4.54. The largest absolute Gasteiger partial charge is 0.443 e. The summed E-state index contributed by atoms with van der Waals surface area (Å²) in [6.07, 6.45) is 4.05. The zero-order valence-corrected chi connectivity index (χ0v) is 8.93.